The predicted molar refractivity (Wildman–Crippen MR) is 78.3 cm³/mol. The van der Waals surface area contributed by atoms with Crippen LogP contribution in [0.4, 0.5) is 11.4 Å². The van der Waals surface area contributed by atoms with Gasteiger partial charge in [-0.2, -0.15) is 0 Å². The number of carbonyl (C=O) groups is 1. The van der Waals surface area contributed by atoms with Crippen molar-refractivity contribution in [3.63, 3.8) is 0 Å². The van der Waals surface area contributed by atoms with Crippen molar-refractivity contribution in [2.45, 2.75) is 32.8 Å². The van der Waals surface area contributed by atoms with Crippen LogP contribution in [0.1, 0.15) is 37.0 Å². The van der Waals surface area contributed by atoms with Gasteiger partial charge in [0.2, 0.25) is 0 Å². The van der Waals surface area contributed by atoms with Crippen molar-refractivity contribution >= 4 is 17.3 Å². The van der Waals surface area contributed by atoms with Crippen LogP contribution in [0.2, 0.25) is 0 Å². The van der Waals surface area contributed by atoms with E-state index in [1.54, 1.807) is 18.2 Å². The van der Waals surface area contributed by atoms with Gasteiger partial charge in [-0.25, -0.2) is 0 Å². The number of benzene rings is 1. The largest absolute Gasteiger partial charge is 0.397 e. The zero-order chi connectivity index (χ0) is 14.3. The minimum Gasteiger partial charge on any atom is -0.397 e. The fourth-order valence-corrected chi connectivity index (χ4v) is 1.78. The van der Waals surface area contributed by atoms with Crippen LogP contribution in [0.15, 0.2) is 18.2 Å². The Labute approximate surface area is 114 Å². The van der Waals surface area contributed by atoms with Crippen LogP contribution in [-0.4, -0.2) is 30.2 Å². The molecule has 0 heterocycles. The van der Waals surface area contributed by atoms with Gasteiger partial charge in [-0.3, -0.25) is 4.79 Å². The lowest BCUT2D eigenvalue weighted by Crippen LogP contribution is -2.23. The Balaban J connectivity index is 2.71. The number of aliphatic hydroxyl groups is 1. The van der Waals surface area contributed by atoms with Crippen molar-refractivity contribution < 1.29 is 9.90 Å². The molecule has 1 aromatic carbocycles. The smallest absolute Gasteiger partial charge is 0.251 e. The Morgan fingerprint density at radius 1 is 1.42 bits per heavy atom. The van der Waals surface area contributed by atoms with Crippen LogP contribution in [0, 0.1) is 0 Å². The molecule has 1 atom stereocenters. The molecule has 0 saturated heterocycles. The zero-order valence-electron chi connectivity index (χ0n) is 11.6. The third kappa shape index (κ3) is 4.79. The highest BCUT2D eigenvalue weighted by Crippen LogP contribution is 2.20. The van der Waals surface area contributed by atoms with E-state index >= 15 is 0 Å². The van der Waals surface area contributed by atoms with Crippen LogP contribution >= 0.6 is 0 Å². The second-order valence-corrected chi connectivity index (χ2v) is 4.48. The molecule has 0 spiro atoms. The minimum atomic E-state index is -0.405. The molecule has 0 bridgehead atoms. The number of nitrogen functional groups attached to an aromatic ring is 1. The lowest BCUT2D eigenvalue weighted by atomic mass is 10.1. The molecule has 0 aliphatic rings. The predicted octanol–water partition coefficient (Wildman–Crippen LogP) is 1.59. The summed E-state index contributed by atoms with van der Waals surface area (Å²) in [6, 6.07) is 5.09. The van der Waals surface area contributed by atoms with Crippen molar-refractivity contribution in [2.24, 2.45) is 0 Å². The summed E-state index contributed by atoms with van der Waals surface area (Å²) in [7, 11) is 0. The topological polar surface area (TPSA) is 87.4 Å². The molecule has 1 unspecified atom stereocenters. The fourth-order valence-electron chi connectivity index (χ4n) is 1.78. The second kappa shape index (κ2) is 7.63. The van der Waals surface area contributed by atoms with E-state index in [1.165, 1.54) is 0 Å². The molecule has 0 saturated carbocycles. The van der Waals surface area contributed by atoms with E-state index in [9.17, 15) is 9.90 Å². The van der Waals surface area contributed by atoms with Gasteiger partial charge in [-0.05, 0) is 31.5 Å². The summed E-state index contributed by atoms with van der Waals surface area (Å²) >= 11 is 0. The Morgan fingerprint density at radius 2 is 2.16 bits per heavy atom. The lowest BCUT2D eigenvalue weighted by Gasteiger charge is -2.14. The minimum absolute atomic E-state index is 0.125. The number of carbonyl (C=O) groups excluding carboxylic acids is 1. The molecule has 5 N–H and O–H groups in total. The third-order valence-corrected chi connectivity index (χ3v) is 2.80. The Bertz CT molecular complexity index is 421. The zero-order valence-corrected chi connectivity index (χ0v) is 11.6. The maximum Gasteiger partial charge on any atom is 0.251 e. The van der Waals surface area contributed by atoms with Crippen molar-refractivity contribution in [2.75, 3.05) is 24.1 Å². The molecular weight excluding hydrogens is 242 g/mol. The molecule has 0 aliphatic heterocycles. The number of hydrogen-bond acceptors (Lipinski definition) is 4. The first-order valence-electron chi connectivity index (χ1n) is 6.68. The molecule has 0 radical (unpaired) electrons. The van der Waals surface area contributed by atoms with Crippen molar-refractivity contribution in [3.8, 4) is 0 Å². The molecule has 1 aromatic rings. The first-order valence-corrected chi connectivity index (χ1v) is 6.68. The first-order chi connectivity index (χ1) is 9.08. The van der Waals surface area contributed by atoms with Gasteiger partial charge in [0.05, 0.1) is 17.5 Å². The fraction of sp³-hybridized carbons (Fsp3) is 0.500. The highest BCUT2D eigenvalue weighted by molar-refractivity contribution is 5.96. The average molecular weight is 265 g/mol. The highest BCUT2D eigenvalue weighted by atomic mass is 16.3. The standard InChI is InChI=1S/C14H23N3O2/c1-3-5-11(18)9-17-13-8-10(6-7-12(13)15)14(19)16-4-2/h6-8,11,17-18H,3-5,9,15H2,1-2H3,(H,16,19). The van der Waals surface area contributed by atoms with Crippen molar-refractivity contribution in [3.05, 3.63) is 23.8 Å². The quantitative estimate of drug-likeness (QED) is 0.564. The summed E-state index contributed by atoms with van der Waals surface area (Å²) in [4.78, 5) is 11.7. The van der Waals surface area contributed by atoms with Gasteiger partial charge in [0.25, 0.3) is 5.91 Å². The monoisotopic (exact) mass is 265 g/mol. The van der Waals surface area contributed by atoms with Gasteiger partial charge in [0, 0.05) is 18.7 Å². The van der Waals surface area contributed by atoms with Gasteiger partial charge in [0.15, 0.2) is 0 Å². The normalized spacial score (nSPS) is 11.9. The van der Waals surface area contributed by atoms with E-state index in [0.29, 0.717) is 30.0 Å². The number of anilines is 2. The van der Waals surface area contributed by atoms with E-state index < -0.39 is 6.10 Å². The van der Waals surface area contributed by atoms with Crippen LogP contribution in [0.5, 0.6) is 0 Å². The van der Waals surface area contributed by atoms with Gasteiger partial charge in [0.1, 0.15) is 0 Å². The molecule has 1 rings (SSSR count). The van der Waals surface area contributed by atoms with Crippen molar-refractivity contribution in [1.29, 1.82) is 0 Å². The molecule has 106 valence electrons. The van der Waals surface area contributed by atoms with Crippen LogP contribution in [-0.2, 0) is 0 Å². The Morgan fingerprint density at radius 3 is 2.79 bits per heavy atom. The third-order valence-electron chi connectivity index (χ3n) is 2.80. The maximum absolute atomic E-state index is 11.7. The van der Waals surface area contributed by atoms with Gasteiger partial charge >= 0.3 is 0 Å². The van der Waals surface area contributed by atoms with E-state index in [-0.39, 0.29) is 5.91 Å². The summed E-state index contributed by atoms with van der Waals surface area (Å²) in [5, 5.41) is 15.5. The number of rotatable bonds is 7. The van der Waals surface area contributed by atoms with Crippen LogP contribution in [0.3, 0.4) is 0 Å². The summed E-state index contributed by atoms with van der Waals surface area (Å²) in [5.41, 5.74) is 7.65. The number of nitrogens with one attached hydrogen (secondary N) is 2. The number of aliphatic hydroxyl groups excluding tert-OH is 1. The molecular formula is C14H23N3O2. The van der Waals surface area contributed by atoms with Gasteiger partial charge < -0.3 is 21.5 Å². The first kappa shape index (κ1) is 15.3. The number of amides is 1. The average Bonchev–Trinajstić information content (AvgIpc) is 2.38. The van der Waals surface area contributed by atoms with Gasteiger partial charge in [-0.1, -0.05) is 13.3 Å². The molecule has 19 heavy (non-hydrogen) atoms. The van der Waals surface area contributed by atoms with Crippen LogP contribution < -0.4 is 16.4 Å². The summed E-state index contributed by atoms with van der Waals surface area (Å²) in [6.07, 6.45) is 1.26. The summed E-state index contributed by atoms with van der Waals surface area (Å²) in [6.45, 7) is 4.90. The SMILES string of the molecule is CCCC(O)CNc1cc(C(=O)NCC)ccc1N. The molecule has 0 aromatic heterocycles. The molecule has 5 heteroatoms. The molecule has 5 nitrogen and oxygen atoms in total. The maximum atomic E-state index is 11.7. The highest BCUT2D eigenvalue weighted by Gasteiger charge is 2.09. The number of nitrogens with two attached hydrogens (primary N) is 1. The van der Waals surface area contributed by atoms with Crippen LogP contribution in [0.25, 0.3) is 0 Å². The number of hydrogen-bond donors (Lipinski definition) is 4. The Hall–Kier alpha value is -1.75. The molecule has 0 fully saturated rings. The Kier molecular flexibility index (Phi) is 6.15. The van der Waals surface area contributed by atoms with Gasteiger partial charge in [-0.15, -0.1) is 0 Å². The van der Waals surface area contributed by atoms with E-state index in [0.717, 1.165) is 12.8 Å². The van der Waals surface area contributed by atoms with E-state index in [2.05, 4.69) is 10.6 Å². The van der Waals surface area contributed by atoms with E-state index in [1.807, 2.05) is 13.8 Å². The summed E-state index contributed by atoms with van der Waals surface area (Å²) < 4.78 is 0. The summed E-state index contributed by atoms with van der Waals surface area (Å²) in [5.74, 6) is -0.125. The van der Waals surface area contributed by atoms with Crippen molar-refractivity contribution in [1.82, 2.24) is 5.32 Å². The van der Waals surface area contributed by atoms with E-state index in [4.69, 9.17) is 5.73 Å². The molecule has 0 aliphatic carbocycles. The second-order valence-electron chi connectivity index (χ2n) is 4.48. The lowest BCUT2D eigenvalue weighted by molar-refractivity contribution is 0.0956. The molecule has 1 amide bonds.